The van der Waals surface area contributed by atoms with Crippen molar-refractivity contribution in [2.24, 2.45) is 11.7 Å². The van der Waals surface area contributed by atoms with E-state index in [9.17, 15) is 0 Å². The Morgan fingerprint density at radius 2 is 2.11 bits per heavy atom. The zero-order chi connectivity index (χ0) is 13.7. The van der Waals surface area contributed by atoms with E-state index in [1.54, 1.807) is 7.11 Å². The minimum atomic E-state index is 0.640. The second-order valence-corrected chi connectivity index (χ2v) is 5.61. The van der Waals surface area contributed by atoms with Crippen molar-refractivity contribution in [2.75, 3.05) is 38.3 Å². The Morgan fingerprint density at radius 3 is 2.68 bits per heavy atom. The van der Waals surface area contributed by atoms with Crippen molar-refractivity contribution in [1.29, 1.82) is 0 Å². The van der Waals surface area contributed by atoms with Gasteiger partial charge in [-0.25, -0.2) is 0 Å². The average Bonchev–Trinajstić information content (AvgIpc) is 2.43. The van der Waals surface area contributed by atoms with Gasteiger partial charge in [-0.2, -0.15) is 0 Å². The number of hydrogen-bond donors (Lipinski definition) is 1. The molecule has 0 radical (unpaired) electrons. The highest BCUT2D eigenvalue weighted by molar-refractivity contribution is 6.31. The van der Waals surface area contributed by atoms with Crippen LogP contribution in [0.2, 0.25) is 5.02 Å². The van der Waals surface area contributed by atoms with Gasteiger partial charge in [-0.05, 0) is 49.4 Å². The predicted octanol–water partition coefficient (Wildman–Crippen LogP) is 2.70. The Bertz CT molecular complexity index is 403. The first-order valence-corrected chi connectivity index (χ1v) is 7.34. The monoisotopic (exact) mass is 282 g/mol. The highest BCUT2D eigenvalue weighted by Gasteiger charge is 2.19. The van der Waals surface area contributed by atoms with Crippen molar-refractivity contribution in [3.05, 3.63) is 28.8 Å². The summed E-state index contributed by atoms with van der Waals surface area (Å²) in [6.45, 7) is 3.69. The zero-order valence-electron chi connectivity index (χ0n) is 11.6. The van der Waals surface area contributed by atoms with Crippen LogP contribution >= 0.6 is 11.6 Å². The molecule has 0 atom stereocenters. The third kappa shape index (κ3) is 3.85. The van der Waals surface area contributed by atoms with Crippen LogP contribution in [0.4, 0.5) is 5.69 Å². The van der Waals surface area contributed by atoms with Gasteiger partial charge in [0.1, 0.15) is 0 Å². The van der Waals surface area contributed by atoms with Gasteiger partial charge in [0.15, 0.2) is 0 Å². The molecule has 1 aliphatic heterocycles. The van der Waals surface area contributed by atoms with Crippen LogP contribution in [-0.4, -0.2) is 33.4 Å². The van der Waals surface area contributed by atoms with Crippen molar-refractivity contribution in [1.82, 2.24) is 0 Å². The molecular weight excluding hydrogens is 260 g/mol. The lowest BCUT2D eigenvalue weighted by Gasteiger charge is -2.33. The fourth-order valence-electron chi connectivity index (χ4n) is 2.68. The third-order valence-electron chi connectivity index (χ3n) is 3.83. The first kappa shape index (κ1) is 14.6. The fraction of sp³-hybridized carbons (Fsp3) is 0.600. The molecule has 1 saturated heterocycles. The minimum absolute atomic E-state index is 0.640. The van der Waals surface area contributed by atoms with E-state index < -0.39 is 0 Å². The zero-order valence-corrected chi connectivity index (χ0v) is 12.3. The van der Waals surface area contributed by atoms with Gasteiger partial charge < -0.3 is 15.4 Å². The van der Waals surface area contributed by atoms with Crippen LogP contribution in [-0.2, 0) is 11.2 Å². The van der Waals surface area contributed by atoms with Gasteiger partial charge >= 0.3 is 0 Å². The smallest absolute Gasteiger partial charge is 0.0491 e. The summed E-state index contributed by atoms with van der Waals surface area (Å²) in [6, 6.07) is 6.34. The lowest BCUT2D eigenvalue weighted by molar-refractivity contribution is 0.139. The molecule has 0 amide bonds. The summed E-state index contributed by atoms with van der Waals surface area (Å²) < 4.78 is 5.23. The van der Waals surface area contributed by atoms with Crippen LogP contribution in [0.5, 0.6) is 0 Å². The molecule has 0 spiro atoms. The molecule has 0 aliphatic carbocycles. The van der Waals surface area contributed by atoms with Crippen LogP contribution in [0.25, 0.3) is 0 Å². The molecule has 2 N–H and O–H groups in total. The van der Waals surface area contributed by atoms with Gasteiger partial charge in [0.05, 0.1) is 0 Å². The molecule has 0 unspecified atom stereocenters. The standard InChI is InChI=1S/C15H23ClN2O/c1-19-11-12-5-8-18(9-6-12)14-3-2-13(4-7-17)15(16)10-14/h2-3,10,12H,4-9,11,17H2,1H3. The molecule has 1 aromatic carbocycles. The van der Waals surface area contributed by atoms with E-state index in [4.69, 9.17) is 22.1 Å². The molecule has 1 heterocycles. The van der Waals surface area contributed by atoms with Crippen LogP contribution in [0.1, 0.15) is 18.4 Å². The number of anilines is 1. The summed E-state index contributed by atoms with van der Waals surface area (Å²) in [5.74, 6) is 0.702. The summed E-state index contributed by atoms with van der Waals surface area (Å²) in [6.07, 6.45) is 3.22. The van der Waals surface area contributed by atoms with E-state index in [0.717, 1.165) is 36.7 Å². The topological polar surface area (TPSA) is 38.5 Å². The summed E-state index contributed by atoms with van der Waals surface area (Å²) in [5.41, 5.74) is 7.94. The third-order valence-corrected chi connectivity index (χ3v) is 4.18. The second-order valence-electron chi connectivity index (χ2n) is 5.20. The van der Waals surface area contributed by atoms with E-state index in [1.165, 1.54) is 18.5 Å². The molecule has 2 rings (SSSR count). The Morgan fingerprint density at radius 1 is 1.37 bits per heavy atom. The molecule has 106 valence electrons. The molecule has 1 aliphatic rings. The maximum atomic E-state index is 6.30. The van der Waals surface area contributed by atoms with Crippen molar-refractivity contribution >= 4 is 17.3 Å². The SMILES string of the molecule is COCC1CCN(c2ccc(CCN)c(Cl)c2)CC1. The molecule has 1 aromatic rings. The highest BCUT2D eigenvalue weighted by Crippen LogP contribution is 2.27. The number of ether oxygens (including phenoxy) is 1. The first-order chi connectivity index (χ1) is 9.24. The normalized spacial score (nSPS) is 16.9. The number of piperidine rings is 1. The van der Waals surface area contributed by atoms with Crippen LogP contribution in [0, 0.1) is 5.92 Å². The number of rotatable bonds is 5. The fourth-order valence-corrected chi connectivity index (χ4v) is 2.95. The van der Waals surface area contributed by atoms with E-state index in [1.807, 2.05) is 0 Å². The Labute approximate surface area is 120 Å². The van der Waals surface area contributed by atoms with Crippen LogP contribution < -0.4 is 10.6 Å². The van der Waals surface area contributed by atoms with Crippen molar-refractivity contribution in [3.63, 3.8) is 0 Å². The van der Waals surface area contributed by atoms with Gasteiger partial charge in [-0.3, -0.25) is 0 Å². The van der Waals surface area contributed by atoms with Crippen molar-refractivity contribution < 1.29 is 4.74 Å². The van der Waals surface area contributed by atoms with Gasteiger partial charge in [0.25, 0.3) is 0 Å². The number of halogens is 1. The molecule has 0 bridgehead atoms. The van der Waals surface area contributed by atoms with Crippen LogP contribution in [0.15, 0.2) is 18.2 Å². The van der Waals surface area contributed by atoms with Crippen LogP contribution in [0.3, 0.4) is 0 Å². The number of hydrogen-bond acceptors (Lipinski definition) is 3. The largest absolute Gasteiger partial charge is 0.384 e. The highest BCUT2D eigenvalue weighted by atomic mass is 35.5. The van der Waals surface area contributed by atoms with Gasteiger partial charge in [0.2, 0.25) is 0 Å². The molecular formula is C15H23ClN2O. The summed E-state index contributed by atoms with van der Waals surface area (Å²) in [4.78, 5) is 2.41. The maximum absolute atomic E-state index is 6.30. The average molecular weight is 283 g/mol. The van der Waals surface area contributed by atoms with E-state index in [0.29, 0.717) is 12.5 Å². The quantitative estimate of drug-likeness (QED) is 0.902. The Kier molecular flexibility index (Phi) is 5.49. The minimum Gasteiger partial charge on any atom is -0.384 e. The molecule has 3 nitrogen and oxygen atoms in total. The maximum Gasteiger partial charge on any atom is 0.0491 e. The second kappa shape index (κ2) is 7.13. The number of methoxy groups -OCH3 is 1. The summed E-state index contributed by atoms with van der Waals surface area (Å²) in [7, 11) is 1.78. The van der Waals surface area contributed by atoms with Gasteiger partial charge in [0, 0.05) is 37.5 Å². The van der Waals surface area contributed by atoms with Crippen molar-refractivity contribution in [3.8, 4) is 0 Å². The molecule has 1 fully saturated rings. The molecule has 0 aromatic heterocycles. The number of benzene rings is 1. The van der Waals surface area contributed by atoms with Gasteiger partial charge in [-0.1, -0.05) is 17.7 Å². The number of nitrogens with two attached hydrogens (primary N) is 1. The number of nitrogens with zero attached hydrogens (tertiary/aromatic N) is 1. The molecule has 4 heteroatoms. The summed E-state index contributed by atoms with van der Waals surface area (Å²) in [5, 5.41) is 0.835. The predicted molar refractivity (Wildman–Crippen MR) is 81.0 cm³/mol. The molecule has 0 saturated carbocycles. The lowest BCUT2D eigenvalue weighted by atomic mass is 9.97. The van der Waals surface area contributed by atoms with E-state index in [-0.39, 0.29) is 0 Å². The Hall–Kier alpha value is -0.770. The summed E-state index contributed by atoms with van der Waals surface area (Å²) >= 11 is 6.30. The molecule has 19 heavy (non-hydrogen) atoms. The van der Waals surface area contributed by atoms with Gasteiger partial charge in [-0.15, -0.1) is 0 Å². The first-order valence-electron chi connectivity index (χ1n) is 6.97. The lowest BCUT2D eigenvalue weighted by Crippen LogP contribution is -2.35. The van der Waals surface area contributed by atoms with E-state index >= 15 is 0 Å². The van der Waals surface area contributed by atoms with Crippen molar-refractivity contribution in [2.45, 2.75) is 19.3 Å². The Balaban J connectivity index is 1.97. The van der Waals surface area contributed by atoms with E-state index in [2.05, 4.69) is 23.1 Å².